The molecule has 0 saturated heterocycles. The van der Waals surface area contributed by atoms with E-state index < -0.39 is 6.10 Å². The van der Waals surface area contributed by atoms with Gasteiger partial charge in [0.1, 0.15) is 0 Å². The Hall–Kier alpha value is -1.32. The molecule has 3 nitrogen and oxygen atoms in total. The first-order valence-corrected chi connectivity index (χ1v) is 5.19. The van der Waals surface area contributed by atoms with Crippen LogP contribution in [0.4, 0.5) is 0 Å². The van der Waals surface area contributed by atoms with Crippen LogP contribution in [0, 0.1) is 6.92 Å². The van der Waals surface area contributed by atoms with Crippen molar-refractivity contribution >= 4 is 10.9 Å². The van der Waals surface area contributed by atoms with Gasteiger partial charge in [-0.05, 0) is 26.0 Å². The van der Waals surface area contributed by atoms with Gasteiger partial charge in [-0.2, -0.15) is 0 Å². The molecule has 0 aliphatic carbocycles. The first-order valence-electron chi connectivity index (χ1n) is 5.19. The molecule has 80 valence electrons. The van der Waals surface area contributed by atoms with Gasteiger partial charge in [0.15, 0.2) is 0 Å². The molecule has 0 fully saturated rings. The van der Waals surface area contributed by atoms with Crippen LogP contribution >= 0.6 is 0 Å². The van der Waals surface area contributed by atoms with Crippen molar-refractivity contribution in [2.75, 3.05) is 6.54 Å². The number of H-pyrrole nitrogens is 1. The summed E-state index contributed by atoms with van der Waals surface area (Å²) in [7, 11) is 0. The van der Waals surface area contributed by atoms with Crippen molar-refractivity contribution in [2.45, 2.75) is 19.4 Å². The summed E-state index contributed by atoms with van der Waals surface area (Å²) in [5, 5.41) is 11.1. The molecule has 1 heterocycles. The number of para-hydroxylation sites is 1. The van der Waals surface area contributed by atoms with Crippen LogP contribution in [0.5, 0.6) is 0 Å². The van der Waals surface area contributed by atoms with Crippen molar-refractivity contribution in [3.05, 3.63) is 35.5 Å². The predicted octanol–water partition coefficient (Wildman–Crippen LogP) is 1.86. The highest BCUT2D eigenvalue weighted by atomic mass is 16.3. The summed E-state index contributed by atoms with van der Waals surface area (Å²) in [6.07, 6.45) is 0.133. The maximum atomic E-state index is 9.99. The van der Waals surface area contributed by atoms with Gasteiger partial charge in [0.05, 0.1) is 6.10 Å². The van der Waals surface area contributed by atoms with Gasteiger partial charge in [-0.1, -0.05) is 18.2 Å². The van der Waals surface area contributed by atoms with Gasteiger partial charge in [-0.15, -0.1) is 0 Å². The third-order valence-corrected chi connectivity index (χ3v) is 2.72. The minimum absolute atomic E-state index is 0.467. The van der Waals surface area contributed by atoms with Crippen molar-refractivity contribution in [3.63, 3.8) is 0 Å². The number of aliphatic hydroxyl groups is 1. The second-order valence-corrected chi connectivity index (χ2v) is 3.80. The van der Waals surface area contributed by atoms with E-state index in [1.54, 1.807) is 0 Å². The van der Waals surface area contributed by atoms with Gasteiger partial charge in [0.25, 0.3) is 0 Å². The molecule has 0 saturated carbocycles. The molecular formula is C12H16N2O. The van der Waals surface area contributed by atoms with E-state index >= 15 is 0 Å². The van der Waals surface area contributed by atoms with Crippen LogP contribution in [-0.2, 0) is 0 Å². The molecular weight excluding hydrogens is 188 g/mol. The quantitative estimate of drug-likeness (QED) is 0.714. The van der Waals surface area contributed by atoms with E-state index in [0.29, 0.717) is 13.0 Å². The van der Waals surface area contributed by atoms with Gasteiger partial charge in [-0.25, -0.2) is 0 Å². The Morgan fingerprint density at radius 2 is 2.13 bits per heavy atom. The van der Waals surface area contributed by atoms with Crippen LogP contribution in [0.2, 0.25) is 0 Å². The van der Waals surface area contributed by atoms with Crippen LogP contribution in [-0.4, -0.2) is 16.6 Å². The molecule has 1 atom stereocenters. The van der Waals surface area contributed by atoms with E-state index in [1.165, 1.54) is 0 Å². The summed E-state index contributed by atoms with van der Waals surface area (Å²) < 4.78 is 0. The lowest BCUT2D eigenvalue weighted by Gasteiger charge is -2.09. The van der Waals surface area contributed by atoms with Crippen LogP contribution in [0.15, 0.2) is 24.3 Å². The Morgan fingerprint density at radius 3 is 2.87 bits per heavy atom. The molecule has 2 rings (SSSR count). The maximum Gasteiger partial charge on any atom is 0.0825 e. The number of benzene rings is 1. The zero-order valence-electron chi connectivity index (χ0n) is 8.83. The first-order chi connectivity index (χ1) is 7.24. The highest BCUT2D eigenvalue weighted by Crippen LogP contribution is 2.28. The van der Waals surface area contributed by atoms with Crippen molar-refractivity contribution < 1.29 is 5.11 Å². The number of nitrogens with one attached hydrogen (secondary N) is 1. The van der Waals surface area contributed by atoms with E-state index in [2.05, 4.69) is 4.98 Å². The molecule has 2 aromatic rings. The van der Waals surface area contributed by atoms with Crippen molar-refractivity contribution in [3.8, 4) is 0 Å². The molecule has 4 N–H and O–H groups in total. The maximum absolute atomic E-state index is 9.99. The second-order valence-electron chi connectivity index (χ2n) is 3.80. The number of aromatic amines is 1. The number of aromatic nitrogens is 1. The SMILES string of the molecule is Cc1[nH]c2ccccc2c1C(O)CCN. The van der Waals surface area contributed by atoms with Gasteiger partial charge in [0, 0.05) is 22.2 Å². The molecule has 0 spiro atoms. The number of aryl methyl sites for hydroxylation is 1. The Balaban J connectivity index is 2.53. The zero-order chi connectivity index (χ0) is 10.8. The summed E-state index contributed by atoms with van der Waals surface area (Å²) in [6, 6.07) is 8.00. The first kappa shape index (κ1) is 10.2. The minimum atomic E-state index is -0.467. The van der Waals surface area contributed by atoms with E-state index in [4.69, 9.17) is 5.73 Å². The van der Waals surface area contributed by atoms with E-state index in [-0.39, 0.29) is 0 Å². The van der Waals surface area contributed by atoms with Crippen molar-refractivity contribution in [1.82, 2.24) is 4.98 Å². The average Bonchev–Trinajstić information content (AvgIpc) is 2.54. The lowest BCUT2D eigenvalue weighted by Crippen LogP contribution is -2.07. The molecule has 0 bridgehead atoms. The minimum Gasteiger partial charge on any atom is -0.388 e. The van der Waals surface area contributed by atoms with Crippen molar-refractivity contribution in [2.24, 2.45) is 5.73 Å². The lowest BCUT2D eigenvalue weighted by molar-refractivity contribution is 0.171. The topological polar surface area (TPSA) is 62.0 Å². The van der Waals surface area contributed by atoms with Crippen LogP contribution in [0.1, 0.15) is 23.8 Å². The number of rotatable bonds is 3. The second kappa shape index (κ2) is 4.04. The van der Waals surface area contributed by atoms with Crippen LogP contribution < -0.4 is 5.73 Å². The molecule has 1 aromatic carbocycles. The number of nitrogens with two attached hydrogens (primary N) is 1. The number of fused-ring (bicyclic) bond motifs is 1. The third-order valence-electron chi connectivity index (χ3n) is 2.72. The largest absolute Gasteiger partial charge is 0.388 e. The summed E-state index contributed by atoms with van der Waals surface area (Å²) >= 11 is 0. The Bertz CT molecular complexity index is 462. The Morgan fingerprint density at radius 1 is 1.40 bits per heavy atom. The monoisotopic (exact) mass is 204 g/mol. The zero-order valence-corrected chi connectivity index (χ0v) is 8.83. The highest BCUT2D eigenvalue weighted by molar-refractivity contribution is 5.84. The Labute approximate surface area is 88.9 Å². The normalized spacial score (nSPS) is 13.3. The summed E-state index contributed by atoms with van der Waals surface area (Å²) in [5.41, 5.74) is 8.54. The fourth-order valence-corrected chi connectivity index (χ4v) is 2.03. The number of aliphatic hydroxyl groups excluding tert-OH is 1. The van der Waals surface area contributed by atoms with Gasteiger partial charge < -0.3 is 15.8 Å². The van der Waals surface area contributed by atoms with Crippen molar-refractivity contribution in [1.29, 1.82) is 0 Å². The van der Waals surface area contributed by atoms with E-state index in [9.17, 15) is 5.11 Å². The molecule has 1 unspecified atom stereocenters. The third kappa shape index (κ3) is 1.76. The molecule has 0 amide bonds. The predicted molar refractivity (Wildman–Crippen MR) is 61.7 cm³/mol. The molecule has 0 radical (unpaired) electrons. The molecule has 3 heteroatoms. The molecule has 1 aromatic heterocycles. The fraction of sp³-hybridized carbons (Fsp3) is 0.333. The van der Waals surface area contributed by atoms with Crippen LogP contribution in [0.25, 0.3) is 10.9 Å². The summed E-state index contributed by atoms with van der Waals surface area (Å²) in [5.74, 6) is 0. The Kier molecular flexibility index (Phi) is 2.75. The smallest absolute Gasteiger partial charge is 0.0825 e. The summed E-state index contributed by atoms with van der Waals surface area (Å²) in [4.78, 5) is 3.27. The fourth-order valence-electron chi connectivity index (χ4n) is 2.03. The number of hydrogen-bond donors (Lipinski definition) is 3. The summed E-state index contributed by atoms with van der Waals surface area (Å²) in [6.45, 7) is 2.48. The highest BCUT2D eigenvalue weighted by Gasteiger charge is 2.15. The standard InChI is InChI=1S/C12H16N2O/c1-8-12(11(15)6-7-13)9-4-2-3-5-10(9)14-8/h2-5,11,14-15H,6-7,13H2,1H3. The number of hydrogen-bond acceptors (Lipinski definition) is 2. The average molecular weight is 204 g/mol. The molecule has 0 aliphatic heterocycles. The van der Waals surface area contributed by atoms with Crippen LogP contribution in [0.3, 0.4) is 0 Å². The lowest BCUT2D eigenvalue weighted by atomic mass is 10.0. The van der Waals surface area contributed by atoms with Gasteiger partial charge >= 0.3 is 0 Å². The van der Waals surface area contributed by atoms with Gasteiger partial charge in [-0.3, -0.25) is 0 Å². The molecule has 15 heavy (non-hydrogen) atoms. The van der Waals surface area contributed by atoms with Gasteiger partial charge in [0.2, 0.25) is 0 Å². The molecule has 0 aliphatic rings. The van der Waals surface area contributed by atoms with E-state index in [0.717, 1.165) is 22.2 Å². The van der Waals surface area contributed by atoms with E-state index in [1.807, 2.05) is 31.2 Å².